The number of rotatable bonds is 3. The van der Waals surface area contributed by atoms with E-state index in [0.29, 0.717) is 11.5 Å². The Balaban J connectivity index is 1.73. The Morgan fingerprint density at radius 1 is 1.54 bits per heavy atom. The number of hydrogen-bond acceptors (Lipinski definition) is 2. The van der Waals surface area contributed by atoms with E-state index in [4.69, 9.17) is 4.74 Å². The Kier molecular flexibility index (Phi) is 2.61. The van der Waals surface area contributed by atoms with Gasteiger partial charge < -0.3 is 10.1 Å². The summed E-state index contributed by atoms with van der Waals surface area (Å²) in [6.07, 6.45) is 4.07. The molecule has 0 aromatic carbocycles. The van der Waals surface area contributed by atoms with Crippen LogP contribution in [-0.2, 0) is 4.74 Å². The molecule has 2 rings (SSSR count). The van der Waals surface area contributed by atoms with Crippen molar-refractivity contribution in [3.63, 3.8) is 0 Å². The van der Waals surface area contributed by atoms with Crippen molar-refractivity contribution in [2.45, 2.75) is 39.2 Å². The van der Waals surface area contributed by atoms with Gasteiger partial charge in [-0.05, 0) is 37.1 Å². The standard InChI is InChI=1S/C11H21NO/c1-9(2)12-7-10-6-11(10)4-3-5-13-8-11/h9-10,12H,3-8H2,1-2H3. The van der Waals surface area contributed by atoms with E-state index in [1.54, 1.807) is 0 Å². The van der Waals surface area contributed by atoms with Crippen molar-refractivity contribution in [1.82, 2.24) is 5.32 Å². The van der Waals surface area contributed by atoms with Gasteiger partial charge in [-0.1, -0.05) is 13.8 Å². The monoisotopic (exact) mass is 183 g/mol. The molecule has 0 bridgehead atoms. The molecule has 0 aromatic rings. The first kappa shape index (κ1) is 9.47. The summed E-state index contributed by atoms with van der Waals surface area (Å²) in [6.45, 7) is 7.64. The van der Waals surface area contributed by atoms with E-state index in [1.807, 2.05) is 0 Å². The fourth-order valence-corrected chi connectivity index (χ4v) is 2.46. The lowest BCUT2D eigenvalue weighted by Crippen LogP contribution is -2.29. The van der Waals surface area contributed by atoms with Crippen LogP contribution in [0.4, 0.5) is 0 Å². The lowest BCUT2D eigenvalue weighted by Gasteiger charge is -2.23. The largest absolute Gasteiger partial charge is 0.381 e. The van der Waals surface area contributed by atoms with Gasteiger partial charge in [0.2, 0.25) is 0 Å². The van der Waals surface area contributed by atoms with Crippen LogP contribution in [0.1, 0.15) is 33.1 Å². The molecule has 0 radical (unpaired) electrons. The molecule has 1 aliphatic carbocycles. The maximum Gasteiger partial charge on any atom is 0.0525 e. The summed E-state index contributed by atoms with van der Waals surface area (Å²) in [5.41, 5.74) is 0.597. The Labute approximate surface area is 81.0 Å². The molecule has 1 N–H and O–H groups in total. The normalized spacial score (nSPS) is 38.5. The van der Waals surface area contributed by atoms with Gasteiger partial charge >= 0.3 is 0 Å². The zero-order valence-electron chi connectivity index (χ0n) is 8.81. The SMILES string of the molecule is CC(C)NCC1CC12CCCOC2. The highest BCUT2D eigenvalue weighted by atomic mass is 16.5. The molecule has 0 aromatic heterocycles. The average molecular weight is 183 g/mol. The Morgan fingerprint density at radius 2 is 2.38 bits per heavy atom. The average Bonchev–Trinajstić information content (AvgIpc) is 2.77. The van der Waals surface area contributed by atoms with Gasteiger partial charge in [0.15, 0.2) is 0 Å². The maximum atomic E-state index is 5.56. The minimum atomic E-state index is 0.597. The van der Waals surface area contributed by atoms with Crippen LogP contribution in [0.15, 0.2) is 0 Å². The molecule has 1 saturated heterocycles. The Morgan fingerprint density at radius 3 is 3.00 bits per heavy atom. The fourth-order valence-electron chi connectivity index (χ4n) is 2.46. The van der Waals surface area contributed by atoms with Gasteiger partial charge in [0.25, 0.3) is 0 Å². The quantitative estimate of drug-likeness (QED) is 0.720. The van der Waals surface area contributed by atoms with Gasteiger partial charge in [0.1, 0.15) is 0 Å². The van der Waals surface area contributed by atoms with Gasteiger partial charge in [-0.15, -0.1) is 0 Å². The first-order valence-electron chi connectivity index (χ1n) is 5.54. The molecule has 76 valence electrons. The smallest absolute Gasteiger partial charge is 0.0525 e. The third kappa shape index (κ3) is 2.05. The molecule has 0 amide bonds. The maximum absolute atomic E-state index is 5.56. The molecule has 13 heavy (non-hydrogen) atoms. The lowest BCUT2D eigenvalue weighted by atomic mass is 9.96. The van der Waals surface area contributed by atoms with E-state index in [0.717, 1.165) is 19.1 Å². The third-order valence-corrected chi connectivity index (χ3v) is 3.48. The third-order valence-electron chi connectivity index (χ3n) is 3.48. The highest BCUT2D eigenvalue weighted by Gasteiger charge is 2.54. The summed E-state index contributed by atoms with van der Waals surface area (Å²) < 4.78 is 5.56. The van der Waals surface area contributed by atoms with E-state index < -0.39 is 0 Å². The highest BCUT2D eigenvalue weighted by Crippen LogP contribution is 2.57. The second kappa shape index (κ2) is 3.58. The van der Waals surface area contributed by atoms with Crippen molar-refractivity contribution in [2.24, 2.45) is 11.3 Å². The van der Waals surface area contributed by atoms with Crippen LogP contribution < -0.4 is 5.32 Å². The molecule has 1 aliphatic heterocycles. The molecule has 1 saturated carbocycles. The summed E-state index contributed by atoms with van der Waals surface area (Å²) in [5.74, 6) is 0.898. The summed E-state index contributed by atoms with van der Waals surface area (Å²) in [7, 11) is 0. The minimum Gasteiger partial charge on any atom is -0.381 e. The van der Waals surface area contributed by atoms with Crippen molar-refractivity contribution < 1.29 is 4.74 Å². The van der Waals surface area contributed by atoms with E-state index in [9.17, 15) is 0 Å². The van der Waals surface area contributed by atoms with Crippen molar-refractivity contribution in [3.8, 4) is 0 Å². The minimum absolute atomic E-state index is 0.597. The van der Waals surface area contributed by atoms with Crippen LogP contribution in [0.25, 0.3) is 0 Å². The van der Waals surface area contributed by atoms with E-state index in [-0.39, 0.29) is 0 Å². The predicted molar refractivity (Wildman–Crippen MR) is 53.7 cm³/mol. The van der Waals surface area contributed by atoms with Crippen LogP contribution in [0.5, 0.6) is 0 Å². The lowest BCUT2D eigenvalue weighted by molar-refractivity contribution is 0.0362. The topological polar surface area (TPSA) is 21.3 Å². The van der Waals surface area contributed by atoms with Gasteiger partial charge in [0.05, 0.1) is 6.61 Å². The van der Waals surface area contributed by atoms with Crippen molar-refractivity contribution >= 4 is 0 Å². The molecule has 2 atom stereocenters. The van der Waals surface area contributed by atoms with Crippen LogP contribution in [-0.4, -0.2) is 25.8 Å². The van der Waals surface area contributed by atoms with Gasteiger partial charge in [-0.2, -0.15) is 0 Å². The molecule has 2 heteroatoms. The summed E-state index contributed by atoms with van der Waals surface area (Å²) in [4.78, 5) is 0. The van der Waals surface area contributed by atoms with Gasteiger partial charge in [-0.25, -0.2) is 0 Å². The highest BCUT2D eigenvalue weighted by molar-refractivity contribution is 5.04. The molecule has 2 unspecified atom stereocenters. The van der Waals surface area contributed by atoms with Gasteiger partial charge in [-0.3, -0.25) is 0 Å². The zero-order chi connectivity index (χ0) is 9.31. The molecular formula is C11H21NO. The molecule has 1 spiro atoms. The molecule has 1 heterocycles. The van der Waals surface area contributed by atoms with E-state index in [2.05, 4.69) is 19.2 Å². The second-order valence-corrected chi connectivity index (χ2v) is 4.98. The summed E-state index contributed by atoms with van der Waals surface area (Å²) in [6, 6.07) is 0.627. The predicted octanol–water partition coefficient (Wildman–Crippen LogP) is 1.80. The van der Waals surface area contributed by atoms with Crippen LogP contribution >= 0.6 is 0 Å². The van der Waals surface area contributed by atoms with E-state index in [1.165, 1.54) is 25.8 Å². The van der Waals surface area contributed by atoms with Crippen LogP contribution in [0.3, 0.4) is 0 Å². The molecule has 2 nitrogen and oxygen atoms in total. The first-order chi connectivity index (χ1) is 6.23. The molecular weight excluding hydrogens is 162 g/mol. The fraction of sp³-hybridized carbons (Fsp3) is 1.00. The van der Waals surface area contributed by atoms with E-state index >= 15 is 0 Å². The van der Waals surface area contributed by atoms with Crippen molar-refractivity contribution in [3.05, 3.63) is 0 Å². The first-order valence-corrected chi connectivity index (χ1v) is 5.54. The number of ether oxygens (including phenoxy) is 1. The zero-order valence-corrected chi connectivity index (χ0v) is 8.81. The van der Waals surface area contributed by atoms with Crippen LogP contribution in [0.2, 0.25) is 0 Å². The summed E-state index contributed by atoms with van der Waals surface area (Å²) in [5, 5.41) is 3.52. The van der Waals surface area contributed by atoms with Crippen molar-refractivity contribution in [2.75, 3.05) is 19.8 Å². The number of hydrogen-bond donors (Lipinski definition) is 1. The summed E-state index contributed by atoms with van der Waals surface area (Å²) >= 11 is 0. The number of nitrogens with one attached hydrogen (secondary N) is 1. The van der Waals surface area contributed by atoms with Gasteiger partial charge in [0, 0.05) is 12.6 Å². The van der Waals surface area contributed by atoms with Crippen LogP contribution in [0, 0.1) is 11.3 Å². The van der Waals surface area contributed by atoms with Crippen molar-refractivity contribution in [1.29, 1.82) is 0 Å². The Hall–Kier alpha value is -0.0800. The molecule has 2 aliphatic rings. The Bertz CT molecular complexity index is 173. The second-order valence-electron chi connectivity index (χ2n) is 4.98. The molecule has 2 fully saturated rings.